The summed E-state index contributed by atoms with van der Waals surface area (Å²) in [5.41, 5.74) is 2.77. The lowest BCUT2D eigenvalue weighted by atomic mass is 10.0. The van der Waals surface area contributed by atoms with Crippen molar-refractivity contribution < 1.29 is 8.42 Å². The van der Waals surface area contributed by atoms with E-state index in [0.29, 0.717) is 10.4 Å². The molecule has 0 fully saturated rings. The second-order valence-electron chi connectivity index (χ2n) is 6.01. The number of aromatic nitrogens is 1. The van der Waals surface area contributed by atoms with Crippen LogP contribution in [0, 0.1) is 6.92 Å². The Balaban J connectivity index is 2.29. The fourth-order valence-electron chi connectivity index (χ4n) is 2.68. The van der Waals surface area contributed by atoms with Crippen molar-refractivity contribution in [3.8, 4) is 0 Å². The lowest BCUT2D eigenvalue weighted by Gasteiger charge is -2.08. The third-order valence-electron chi connectivity index (χ3n) is 3.96. The summed E-state index contributed by atoms with van der Waals surface area (Å²) in [6.07, 6.45) is 1.75. The molecule has 23 heavy (non-hydrogen) atoms. The van der Waals surface area contributed by atoms with Crippen LogP contribution in [0.25, 0.3) is 10.9 Å². The second-order valence-corrected chi connectivity index (χ2v) is 8.75. The molecule has 5 heteroatoms. The summed E-state index contributed by atoms with van der Waals surface area (Å²) >= 11 is 3.47. The van der Waals surface area contributed by atoms with Crippen LogP contribution in [0.4, 0.5) is 0 Å². The van der Waals surface area contributed by atoms with Crippen molar-refractivity contribution in [2.45, 2.75) is 31.6 Å². The summed E-state index contributed by atoms with van der Waals surface area (Å²) < 4.78 is 28.4. The molecule has 0 saturated carbocycles. The Labute approximate surface area is 145 Å². The van der Waals surface area contributed by atoms with Gasteiger partial charge in [0.15, 0.2) is 0 Å². The van der Waals surface area contributed by atoms with E-state index in [4.69, 9.17) is 0 Å². The van der Waals surface area contributed by atoms with Gasteiger partial charge in [-0.3, -0.25) is 0 Å². The predicted octanol–water partition coefficient (Wildman–Crippen LogP) is 5.07. The van der Waals surface area contributed by atoms with Gasteiger partial charge in [0.25, 0.3) is 10.0 Å². The van der Waals surface area contributed by atoms with Crippen molar-refractivity contribution in [1.82, 2.24) is 3.97 Å². The van der Waals surface area contributed by atoms with Crippen molar-refractivity contribution in [2.75, 3.05) is 0 Å². The number of rotatable bonds is 3. The van der Waals surface area contributed by atoms with Crippen LogP contribution >= 0.6 is 15.9 Å². The Kier molecular flexibility index (Phi) is 4.10. The molecule has 2 aromatic carbocycles. The first-order valence-electron chi connectivity index (χ1n) is 7.43. The van der Waals surface area contributed by atoms with Gasteiger partial charge in [-0.2, -0.15) is 0 Å². The Morgan fingerprint density at radius 3 is 2.30 bits per heavy atom. The van der Waals surface area contributed by atoms with Crippen molar-refractivity contribution in [3.05, 3.63) is 64.3 Å². The van der Waals surface area contributed by atoms with Gasteiger partial charge in [-0.1, -0.05) is 47.5 Å². The molecule has 3 nitrogen and oxygen atoms in total. The molecular weight excluding hydrogens is 374 g/mol. The van der Waals surface area contributed by atoms with Crippen LogP contribution in [0.1, 0.15) is 30.9 Å². The van der Waals surface area contributed by atoms with Gasteiger partial charge in [-0.15, -0.1) is 0 Å². The minimum atomic E-state index is -3.61. The van der Waals surface area contributed by atoms with E-state index in [-0.39, 0.29) is 5.92 Å². The molecule has 1 aromatic heterocycles. The number of fused-ring (bicyclic) bond motifs is 1. The van der Waals surface area contributed by atoms with Crippen LogP contribution in [0.2, 0.25) is 0 Å². The van der Waals surface area contributed by atoms with Gasteiger partial charge >= 0.3 is 0 Å². The van der Waals surface area contributed by atoms with Crippen molar-refractivity contribution in [3.63, 3.8) is 0 Å². The number of halogens is 1. The molecule has 3 rings (SSSR count). The van der Waals surface area contributed by atoms with Crippen molar-refractivity contribution in [1.29, 1.82) is 0 Å². The SMILES string of the molecule is Cc1ccc(S(=O)(=O)n2cc(C(C)C)c3cc(Br)ccc32)cc1. The highest BCUT2D eigenvalue weighted by molar-refractivity contribution is 9.10. The monoisotopic (exact) mass is 391 g/mol. The number of aryl methyl sites for hydroxylation is 1. The number of nitrogens with zero attached hydrogens (tertiary/aromatic N) is 1. The zero-order chi connectivity index (χ0) is 16.8. The van der Waals surface area contributed by atoms with E-state index < -0.39 is 10.0 Å². The first-order valence-corrected chi connectivity index (χ1v) is 9.67. The Bertz CT molecular complexity index is 970. The molecule has 0 N–H and O–H groups in total. The largest absolute Gasteiger partial charge is 0.268 e. The molecule has 0 atom stereocenters. The van der Waals surface area contributed by atoms with E-state index in [1.807, 2.05) is 37.3 Å². The summed E-state index contributed by atoms with van der Waals surface area (Å²) in [6.45, 7) is 6.08. The highest BCUT2D eigenvalue weighted by Crippen LogP contribution is 2.32. The van der Waals surface area contributed by atoms with E-state index in [1.165, 1.54) is 3.97 Å². The maximum absolute atomic E-state index is 13.0. The minimum Gasteiger partial charge on any atom is -0.241 e. The fourth-order valence-corrected chi connectivity index (χ4v) is 4.42. The van der Waals surface area contributed by atoms with Crippen molar-refractivity contribution >= 4 is 36.9 Å². The summed E-state index contributed by atoms with van der Waals surface area (Å²) in [5.74, 6) is 0.237. The maximum Gasteiger partial charge on any atom is 0.268 e. The predicted molar refractivity (Wildman–Crippen MR) is 97.5 cm³/mol. The van der Waals surface area contributed by atoms with Gasteiger partial charge in [0.1, 0.15) is 0 Å². The number of hydrogen-bond donors (Lipinski definition) is 0. The summed E-state index contributed by atoms with van der Waals surface area (Å²) in [4.78, 5) is 0.304. The van der Waals surface area contributed by atoms with Gasteiger partial charge in [-0.25, -0.2) is 12.4 Å². The third-order valence-corrected chi connectivity index (χ3v) is 6.14. The highest BCUT2D eigenvalue weighted by atomic mass is 79.9. The van der Waals surface area contributed by atoms with Crippen LogP contribution in [-0.2, 0) is 10.0 Å². The van der Waals surface area contributed by atoms with Gasteiger partial charge in [-0.05, 0) is 48.7 Å². The van der Waals surface area contributed by atoms with E-state index >= 15 is 0 Å². The Hall–Kier alpha value is -1.59. The minimum absolute atomic E-state index is 0.237. The van der Waals surface area contributed by atoms with E-state index in [2.05, 4.69) is 29.8 Å². The quantitative estimate of drug-likeness (QED) is 0.624. The topological polar surface area (TPSA) is 39.1 Å². The Morgan fingerprint density at radius 1 is 1.04 bits per heavy atom. The molecule has 1 heterocycles. The molecular formula is C18H18BrNO2S. The smallest absolute Gasteiger partial charge is 0.241 e. The normalized spacial score (nSPS) is 12.2. The molecule has 0 aliphatic heterocycles. The van der Waals surface area contributed by atoms with Gasteiger partial charge < -0.3 is 0 Å². The summed E-state index contributed by atoms with van der Waals surface area (Å²) in [5, 5.41) is 0.963. The average molecular weight is 392 g/mol. The summed E-state index contributed by atoms with van der Waals surface area (Å²) in [7, 11) is -3.61. The average Bonchev–Trinajstić information content (AvgIpc) is 2.87. The van der Waals surface area contributed by atoms with E-state index in [1.54, 1.807) is 18.3 Å². The first-order chi connectivity index (χ1) is 10.8. The Morgan fingerprint density at radius 2 is 1.70 bits per heavy atom. The molecule has 0 aliphatic carbocycles. The van der Waals surface area contributed by atoms with Crippen molar-refractivity contribution in [2.24, 2.45) is 0 Å². The second kappa shape index (κ2) is 5.80. The zero-order valence-electron chi connectivity index (χ0n) is 13.2. The molecule has 0 aliphatic rings. The van der Waals surface area contributed by atoms with E-state index in [0.717, 1.165) is 21.0 Å². The summed E-state index contributed by atoms with van der Waals surface area (Å²) in [6, 6.07) is 12.6. The standard InChI is InChI=1S/C18H18BrNO2S/c1-12(2)17-11-20(18-9-6-14(19)10-16(17)18)23(21,22)15-7-4-13(3)5-8-15/h4-12H,1-3H3. The molecule has 120 valence electrons. The van der Waals surface area contributed by atoms with E-state index in [9.17, 15) is 8.42 Å². The first kappa shape index (κ1) is 16.3. The number of hydrogen-bond acceptors (Lipinski definition) is 2. The van der Waals surface area contributed by atoms with Gasteiger partial charge in [0, 0.05) is 16.1 Å². The van der Waals surface area contributed by atoms with Gasteiger partial charge in [0.2, 0.25) is 0 Å². The molecule has 0 amide bonds. The maximum atomic E-state index is 13.0. The van der Waals surface area contributed by atoms with Crippen LogP contribution in [0.5, 0.6) is 0 Å². The van der Waals surface area contributed by atoms with Crippen LogP contribution in [-0.4, -0.2) is 12.4 Å². The molecule has 0 unspecified atom stereocenters. The van der Waals surface area contributed by atoms with Gasteiger partial charge in [0.05, 0.1) is 10.4 Å². The number of benzene rings is 2. The molecule has 3 aromatic rings. The highest BCUT2D eigenvalue weighted by Gasteiger charge is 2.22. The fraction of sp³-hybridized carbons (Fsp3) is 0.222. The third kappa shape index (κ3) is 2.83. The lowest BCUT2D eigenvalue weighted by molar-refractivity contribution is 0.589. The molecule has 0 radical (unpaired) electrons. The van der Waals surface area contributed by atoms with Crippen LogP contribution < -0.4 is 0 Å². The molecule has 0 saturated heterocycles. The molecule has 0 spiro atoms. The lowest BCUT2D eigenvalue weighted by Crippen LogP contribution is -2.11. The molecule has 0 bridgehead atoms. The van der Waals surface area contributed by atoms with Crippen LogP contribution in [0.3, 0.4) is 0 Å². The van der Waals surface area contributed by atoms with Crippen LogP contribution in [0.15, 0.2) is 58.0 Å². The zero-order valence-corrected chi connectivity index (χ0v) is 15.6.